The van der Waals surface area contributed by atoms with Crippen molar-refractivity contribution >= 4 is 15.7 Å². The monoisotopic (exact) mass is 277 g/mol. The van der Waals surface area contributed by atoms with Crippen molar-refractivity contribution in [2.45, 2.75) is 11.8 Å². The Morgan fingerprint density at radius 3 is 2.37 bits per heavy atom. The van der Waals surface area contributed by atoms with Gasteiger partial charge in [-0.2, -0.15) is 0 Å². The second kappa shape index (κ2) is 5.32. The number of ether oxygens (including phenoxy) is 1. The number of sulfonamides is 1. The van der Waals surface area contributed by atoms with Crippen molar-refractivity contribution in [2.24, 2.45) is 0 Å². The van der Waals surface area contributed by atoms with Crippen LogP contribution in [0.5, 0.6) is 5.75 Å². The zero-order valence-electron chi connectivity index (χ0n) is 10.8. The molecular formula is C14H15NO3S. The lowest BCUT2D eigenvalue weighted by Crippen LogP contribution is -2.13. The number of anilines is 1. The summed E-state index contributed by atoms with van der Waals surface area (Å²) >= 11 is 0. The molecule has 0 aliphatic carbocycles. The maximum atomic E-state index is 12.2. The van der Waals surface area contributed by atoms with Gasteiger partial charge < -0.3 is 4.74 Å². The second-order valence-electron chi connectivity index (χ2n) is 4.10. The highest BCUT2D eigenvalue weighted by atomic mass is 32.2. The average Bonchev–Trinajstić information content (AvgIpc) is 2.42. The van der Waals surface area contributed by atoms with Gasteiger partial charge in [0.05, 0.1) is 17.7 Å². The highest BCUT2D eigenvalue weighted by Crippen LogP contribution is 2.24. The Morgan fingerprint density at radius 1 is 1.05 bits per heavy atom. The van der Waals surface area contributed by atoms with Crippen molar-refractivity contribution in [1.29, 1.82) is 0 Å². The van der Waals surface area contributed by atoms with Gasteiger partial charge in [0, 0.05) is 6.07 Å². The van der Waals surface area contributed by atoms with Gasteiger partial charge in [0.25, 0.3) is 10.0 Å². The smallest absolute Gasteiger partial charge is 0.261 e. The molecule has 0 radical (unpaired) electrons. The largest absolute Gasteiger partial charge is 0.497 e. The first-order chi connectivity index (χ1) is 9.03. The first kappa shape index (κ1) is 13.4. The van der Waals surface area contributed by atoms with Gasteiger partial charge in [0.15, 0.2) is 0 Å². The molecule has 0 fully saturated rings. The molecule has 0 bridgehead atoms. The summed E-state index contributed by atoms with van der Waals surface area (Å²) in [4.78, 5) is 0.234. The van der Waals surface area contributed by atoms with Crippen LogP contribution in [-0.2, 0) is 10.0 Å². The summed E-state index contributed by atoms with van der Waals surface area (Å²) in [6.07, 6.45) is 0. The zero-order valence-corrected chi connectivity index (χ0v) is 11.6. The van der Waals surface area contributed by atoms with E-state index in [1.54, 1.807) is 49.6 Å². The third-order valence-corrected chi connectivity index (χ3v) is 4.12. The first-order valence-electron chi connectivity index (χ1n) is 5.75. The Balaban J connectivity index is 2.36. The topological polar surface area (TPSA) is 55.4 Å². The number of hydrogen-bond acceptors (Lipinski definition) is 3. The summed E-state index contributed by atoms with van der Waals surface area (Å²) < 4.78 is 32.1. The minimum absolute atomic E-state index is 0.234. The molecule has 2 aromatic carbocycles. The lowest BCUT2D eigenvalue weighted by Gasteiger charge is -2.11. The van der Waals surface area contributed by atoms with Crippen molar-refractivity contribution < 1.29 is 13.2 Å². The molecule has 0 unspecified atom stereocenters. The Bertz CT molecular complexity index is 666. The molecule has 0 heterocycles. The molecule has 0 amide bonds. The number of methoxy groups -OCH3 is 1. The quantitative estimate of drug-likeness (QED) is 0.935. The van der Waals surface area contributed by atoms with E-state index in [0.29, 0.717) is 11.4 Å². The molecule has 0 aromatic heterocycles. The number of rotatable bonds is 4. The standard InChI is InChI=1S/C14H15NO3S/c1-11-8-9-12(18-2)10-14(11)15-19(16,17)13-6-4-3-5-7-13/h3-10,15H,1-2H3. The van der Waals surface area contributed by atoms with Gasteiger partial charge >= 0.3 is 0 Å². The average molecular weight is 277 g/mol. The molecule has 1 N–H and O–H groups in total. The van der Waals surface area contributed by atoms with E-state index in [2.05, 4.69) is 4.72 Å². The van der Waals surface area contributed by atoms with Crippen LogP contribution in [-0.4, -0.2) is 15.5 Å². The predicted molar refractivity (Wildman–Crippen MR) is 75.0 cm³/mol. The molecule has 0 aliphatic heterocycles. The van der Waals surface area contributed by atoms with E-state index in [0.717, 1.165) is 5.56 Å². The molecule has 0 spiro atoms. The van der Waals surface area contributed by atoms with E-state index in [4.69, 9.17) is 4.74 Å². The van der Waals surface area contributed by atoms with Gasteiger partial charge in [0.1, 0.15) is 5.75 Å². The molecular weight excluding hydrogens is 262 g/mol. The zero-order chi connectivity index (χ0) is 13.9. The molecule has 2 aromatic rings. The van der Waals surface area contributed by atoms with Crippen LogP contribution >= 0.6 is 0 Å². The molecule has 4 nitrogen and oxygen atoms in total. The molecule has 19 heavy (non-hydrogen) atoms. The molecule has 2 rings (SSSR count). The van der Waals surface area contributed by atoms with E-state index >= 15 is 0 Å². The van der Waals surface area contributed by atoms with Gasteiger partial charge in [-0.05, 0) is 30.7 Å². The minimum atomic E-state index is -3.57. The molecule has 100 valence electrons. The Hall–Kier alpha value is -2.01. The summed E-state index contributed by atoms with van der Waals surface area (Å²) in [6.45, 7) is 1.84. The number of hydrogen-bond donors (Lipinski definition) is 1. The fourth-order valence-corrected chi connectivity index (χ4v) is 2.78. The maximum Gasteiger partial charge on any atom is 0.261 e. The summed E-state index contributed by atoms with van der Waals surface area (Å²) in [5.74, 6) is 0.608. The van der Waals surface area contributed by atoms with Gasteiger partial charge in [-0.3, -0.25) is 4.72 Å². The van der Waals surface area contributed by atoms with Crippen LogP contribution in [0.25, 0.3) is 0 Å². The van der Waals surface area contributed by atoms with E-state index in [-0.39, 0.29) is 4.90 Å². The van der Waals surface area contributed by atoms with Crippen molar-refractivity contribution in [3.8, 4) is 5.75 Å². The summed E-state index contributed by atoms with van der Waals surface area (Å²) in [7, 11) is -2.02. The minimum Gasteiger partial charge on any atom is -0.497 e. The van der Waals surface area contributed by atoms with E-state index < -0.39 is 10.0 Å². The van der Waals surface area contributed by atoms with Gasteiger partial charge in [-0.25, -0.2) is 8.42 Å². The van der Waals surface area contributed by atoms with Crippen LogP contribution in [0, 0.1) is 6.92 Å². The highest BCUT2D eigenvalue weighted by molar-refractivity contribution is 7.92. The summed E-state index contributed by atoms with van der Waals surface area (Å²) in [6, 6.07) is 13.5. The van der Waals surface area contributed by atoms with Crippen LogP contribution in [0.2, 0.25) is 0 Å². The third kappa shape index (κ3) is 3.06. The fourth-order valence-electron chi connectivity index (χ4n) is 1.64. The van der Waals surface area contributed by atoms with Crippen molar-refractivity contribution in [3.63, 3.8) is 0 Å². The molecule has 0 atom stereocenters. The normalized spacial score (nSPS) is 11.1. The van der Waals surface area contributed by atoms with E-state index in [1.165, 1.54) is 0 Å². The maximum absolute atomic E-state index is 12.2. The number of aryl methyl sites for hydroxylation is 1. The van der Waals surface area contributed by atoms with Gasteiger partial charge in [0.2, 0.25) is 0 Å². The lowest BCUT2D eigenvalue weighted by molar-refractivity contribution is 0.415. The third-order valence-electron chi connectivity index (χ3n) is 2.74. The van der Waals surface area contributed by atoms with Crippen molar-refractivity contribution in [3.05, 3.63) is 54.1 Å². The van der Waals surface area contributed by atoms with Crippen LogP contribution in [0.15, 0.2) is 53.4 Å². The Morgan fingerprint density at radius 2 is 1.74 bits per heavy atom. The van der Waals surface area contributed by atoms with Crippen molar-refractivity contribution in [1.82, 2.24) is 0 Å². The van der Waals surface area contributed by atoms with Crippen LogP contribution in [0.4, 0.5) is 5.69 Å². The van der Waals surface area contributed by atoms with Gasteiger partial charge in [-0.15, -0.1) is 0 Å². The van der Waals surface area contributed by atoms with Crippen LogP contribution in [0.3, 0.4) is 0 Å². The van der Waals surface area contributed by atoms with Crippen LogP contribution in [0.1, 0.15) is 5.56 Å². The summed E-state index contributed by atoms with van der Waals surface area (Å²) in [5, 5.41) is 0. The molecule has 0 saturated heterocycles. The Kier molecular flexibility index (Phi) is 3.76. The predicted octanol–water partition coefficient (Wildman–Crippen LogP) is 2.80. The lowest BCUT2D eigenvalue weighted by atomic mass is 10.2. The fraction of sp³-hybridized carbons (Fsp3) is 0.143. The number of nitrogens with one attached hydrogen (secondary N) is 1. The molecule has 0 aliphatic rings. The Labute approximate surface area is 113 Å². The van der Waals surface area contributed by atoms with Crippen molar-refractivity contribution in [2.75, 3.05) is 11.8 Å². The highest BCUT2D eigenvalue weighted by Gasteiger charge is 2.14. The van der Waals surface area contributed by atoms with E-state index in [9.17, 15) is 8.42 Å². The summed E-state index contributed by atoms with van der Waals surface area (Å²) in [5.41, 5.74) is 1.35. The molecule has 0 saturated carbocycles. The SMILES string of the molecule is COc1ccc(C)c(NS(=O)(=O)c2ccccc2)c1. The number of benzene rings is 2. The molecule has 5 heteroatoms. The second-order valence-corrected chi connectivity index (χ2v) is 5.78. The van der Waals surface area contributed by atoms with Crippen LogP contribution < -0.4 is 9.46 Å². The van der Waals surface area contributed by atoms with E-state index in [1.807, 2.05) is 13.0 Å². The first-order valence-corrected chi connectivity index (χ1v) is 7.24. The van der Waals surface area contributed by atoms with Gasteiger partial charge in [-0.1, -0.05) is 24.3 Å².